The van der Waals surface area contributed by atoms with Crippen molar-refractivity contribution in [3.8, 4) is 0 Å². The number of likely N-dealkylation sites (N-methyl/N-ethyl adjacent to an activating group) is 1. The normalized spacial score (nSPS) is 14.0. The molecule has 0 aliphatic carbocycles. The summed E-state index contributed by atoms with van der Waals surface area (Å²) in [6.45, 7) is 9.19. The molecule has 16 heteroatoms. The number of hydrogen-bond acceptors (Lipinski definition) is 8. The zero-order valence-corrected chi connectivity index (χ0v) is 30.3. The molecule has 2 aromatic carbocycles. The van der Waals surface area contributed by atoms with Crippen molar-refractivity contribution in [2.75, 3.05) is 33.5 Å². The molecule has 0 unspecified atom stereocenters. The summed E-state index contributed by atoms with van der Waals surface area (Å²) in [4.78, 5) is 25.9. The number of hydrogen-bond donors (Lipinski definition) is 2. The lowest BCUT2D eigenvalue weighted by Gasteiger charge is -2.27. The van der Waals surface area contributed by atoms with Crippen LogP contribution in [-0.4, -0.2) is 51.3 Å². The number of aryl methyl sites for hydroxylation is 2. The first kappa shape index (κ1) is 41.6. The predicted molar refractivity (Wildman–Crippen MR) is 174 cm³/mol. The van der Waals surface area contributed by atoms with Gasteiger partial charge in [-0.15, -0.1) is 0 Å². The van der Waals surface area contributed by atoms with E-state index < -0.39 is 61.4 Å². The molecule has 0 radical (unpaired) electrons. The van der Waals surface area contributed by atoms with Crippen LogP contribution < -0.4 is 10.6 Å². The molecule has 2 N–H and O–H groups in total. The van der Waals surface area contributed by atoms with E-state index in [1.165, 1.54) is 72.9 Å². The van der Waals surface area contributed by atoms with Crippen molar-refractivity contribution < 1.29 is 54.4 Å². The maximum absolute atomic E-state index is 15.4. The van der Waals surface area contributed by atoms with Gasteiger partial charge in [0.2, 0.25) is 11.8 Å². The third-order valence-corrected chi connectivity index (χ3v) is 11.7. The molecular formula is C32H46F4N2O8P2. The molecule has 0 heterocycles. The molecule has 0 spiro atoms. The molecule has 48 heavy (non-hydrogen) atoms. The Kier molecular flexibility index (Phi) is 15.0. The van der Waals surface area contributed by atoms with Crippen LogP contribution in [0.1, 0.15) is 68.0 Å². The Morgan fingerprint density at radius 2 is 1.08 bits per heavy atom. The van der Waals surface area contributed by atoms with Gasteiger partial charge >= 0.3 is 26.5 Å². The molecule has 270 valence electrons. The molecule has 0 saturated carbocycles. The van der Waals surface area contributed by atoms with E-state index in [0.717, 1.165) is 12.1 Å². The molecule has 2 rings (SSSR count). The highest BCUT2D eigenvalue weighted by Gasteiger charge is 2.56. The van der Waals surface area contributed by atoms with Gasteiger partial charge in [0, 0.05) is 30.5 Å². The van der Waals surface area contributed by atoms with Crippen LogP contribution in [0.25, 0.3) is 0 Å². The van der Waals surface area contributed by atoms with Gasteiger partial charge in [0.1, 0.15) is 6.04 Å². The number of carbonyl (C=O) groups is 2. The van der Waals surface area contributed by atoms with Crippen LogP contribution in [-0.2, 0) is 61.0 Å². The Bertz CT molecular complexity index is 1500. The lowest BCUT2D eigenvalue weighted by molar-refractivity contribution is -0.130. The molecule has 0 fully saturated rings. The molecule has 2 atom stereocenters. The lowest BCUT2D eigenvalue weighted by atomic mass is 9.95. The van der Waals surface area contributed by atoms with Crippen molar-refractivity contribution >= 4 is 27.0 Å². The third-order valence-electron chi connectivity index (χ3n) is 7.42. The maximum Gasteiger partial charge on any atom is 0.404 e. The van der Waals surface area contributed by atoms with E-state index in [1.54, 1.807) is 6.92 Å². The van der Waals surface area contributed by atoms with Crippen molar-refractivity contribution in [1.82, 2.24) is 10.6 Å². The second-order valence-corrected chi connectivity index (χ2v) is 15.2. The average Bonchev–Trinajstić information content (AvgIpc) is 3.00. The summed E-state index contributed by atoms with van der Waals surface area (Å²) in [7, 11) is -8.26. The van der Waals surface area contributed by atoms with Crippen molar-refractivity contribution in [3.05, 3.63) is 69.8 Å². The SMILES string of the molecule is CCOP(=O)(OCC)C(F)(F)c1ccc(C[C@H](NC(=O)[C@@H](C)Cc2ccc(C(F)(F)P(=O)(OCC)OCC)c(C)c2)C(=O)NC)cc1C. The monoisotopic (exact) mass is 724 g/mol. The number of benzene rings is 2. The lowest BCUT2D eigenvalue weighted by Crippen LogP contribution is -2.48. The second-order valence-electron chi connectivity index (χ2n) is 11.0. The summed E-state index contributed by atoms with van der Waals surface area (Å²) in [6, 6.07) is 6.76. The fourth-order valence-corrected chi connectivity index (χ4v) is 8.38. The first-order valence-electron chi connectivity index (χ1n) is 15.6. The fourth-order valence-electron chi connectivity index (χ4n) is 5.13. The maximum atomic E-state index is 15.4. The van der Waals surface area contributed by atoms with Crippen LogP contribution >= 0.6 is 15.2 Å². The number of alkyl halides is 4. The number of rotatable bonds is 19. The Labute approximate surface area is 279 Å². The molecule has 10 nitrogen and oxygen atoms in total. The van der Waals surface area contributed by atoms with E-state index in [4.69, 9.17) is 18.1 Å². The van der Waals surface area contributed by atoms with Crippen molar-refractivity contribution in [2.24, 2.45) is 5.92 Å². The Morgan fingerprint density at radius 1 is 0.708 bits per heavy atom. The van der Waals surface area contributed by atoms with Crippen LogP contribution in [0.15, 0.2) is 36.4 Å². The topological polar surface area (TPSA) is 129 Å². The molecular weight excluding hydrogens is 678 g/mol. The molecule has 2 amide bonds. The highest BCUT2D eigenvalue weighted by atomic mass is 31.2. The van der Waals surface area contributed by atoms with E-state index in [2.05, 4.69) is 10.6 Å². The van der Waals surface area contributed by atoms with Crippen molar-refractivity contribution in [2.45, 2.75) is 78.7 Å². The smallest absolute Gasteiger partial charge is 0.357 e. The first-order chi connectivity index (χ1) is 22.4. The van der Waals surface area contributed by atoms with Crippen LogP contribution in [0.4, 0.5) is 17.6 Å². The fraction of sp³-hybridized carbons (Fsp3) is 0.562. The number of amides is 2. The predicted octanol–water partition coefficient (Wildman–Crippen LogP) is 7.59. The number of halogens is 4. The molecule has 0 saturated heterocycles. The zero-order valence-electron chi connectivity index (χ0n) is 28.5. The van der Waals surface area contributed by atoms with Gasteiger partial charge < -0.3 is 28.7 Å². The van der Waals surface area contributed by atoms with Gasteiger partial charge in [-0.3, -0.25) is 18.7 Å². The van der Waals surface area contributed by atoms with Gasteiger partial charge in [0.05, 0.1) is 26.4 Å². The highest BCUT2D eigenvalue weighted by Crippen LogP contribution is 2.68. The summed E-state index contributed by atoms with van der Waals surface area (Å²) >= 11 is 0. The second kappa shape index (κ2) is 17.4. The largest absolute Gasteiger partial charge is 0.404 e. The van der Waals surface area contributed by atoms with Gasteiger partial charge in [0.25, 0.3) is 0 Å². The standard InChI is InChI=1S/C32H46F4N2O8P2/c1-9-43-47(41,44-10-2)31(33,34)26-15-13-24(17-21(26)5)19-23(7)29(39)38-28(30(40)37-8)20-25-14-16-27(22(6)18-25)32(35,36)48(42,45-11-3)46-12-4/h13-18,23,28H,9-12,19-20H2,1-8H3,(H,37,40)(H,38,39)/t23-,28-/m0/s1. The minimum Gasteiger partial charge on any atom is -0.357 e. The molecule has 0 aliphatic heterocycles. The van der Waals surface area contributed by atoms with Crippen molar-refractivity contribution in [3.63, 3.8) is 0 Å². The molecule has 2 aromatic rings. The Balaban J connectivity index is 2.25. The minimum absolute atomic E-state index is 0.0536. The summed E-state index contributed by atoms with van der Waals surface area (Å²) in [5.41, 5.74) is -7.74. The highest BCUT2D eigenvalue weighted by molar-refractivity contribution is 7.55. The van der Waals surface area contributed by atoms with Gasteiger partial charge in [-0.05, 0) is 70.2 Å². The van der Waals surface area contributed by atoms with Crippen molar-refractivity contribution in [1.29, 1.82) is 0 Å². The number of nitrogens with one attached hydrogen (secondary N) is 2. The van der Waals surface area contributed by atoms with Gasteiger partial charge in [-0.2, -0.15) is 17.6 Å². The molecule has 0 aliphatic rings. The van der Waals surface area contributed by atoms with E-state index in [0.29, 0.717) is 11.1 Å². The van der Waals surface area contributed by atoms with Crippen LogP contribution in [0.2, 0.25) is 0 Å². The van der Waals surface area contributed by atoms with E-state index >= 15 is 17.6 Å². The quantitative estimate of drug-likeness (QED) is 0.112. The van der Waals surface area contributed by atoms with Crippen LogP contribution in [0.3, 0.4) is 0 Å². The summed E-state index contributed by atoms with van der Waals surface area (Å²) in [6.07, 6.45) is 0.0676. The zero-order chi connectivity index (χ0) is 36.5. The third kappa shape index (κ3) is 9.34. The Hall–Kier alpha value is -2.60. The van der Waals surface area contributed by atoms with Gasteiger partial charge in [-0.1, -0.05) is 43.3 Å². The first-order valence-corrected chi connectivity index (χ1v) is 18.7. The molecule has 0 bridgehead atoms. The van der Waals surface area contributed by atoms with E-state index in [1.807, 2.05) is 0 Å². The summed E-state index contributed by atoms with van der Waals surface area (Å²) < 4.78 is 107. The Morgan fingerprint density at radius 3 is 1.42 bits per heavy atom. The van der Waals surface area contributed by atoms with Gasteiger partial charge in [0.15, 0.2) is 0 Å². The van der Waals surface area contributed by atoms with Crippen LogP contribution in [0.5, 0.6) is 0 Å². The van der Waals surface area contributed by atoms with E-state index in [-0.39, 0.29) is 50.4 Å². The van der Waals surface area contributed by atoms with E-state index in [9.17, 15) is 18.7 Å². The number of carbonyl (C=O) groups excluding carboxylic acids is 2. The van der Waals surface area contributed by atoms with Crippen LogP contribution in [0, 0.1) is 19.8 Å². The summed E-state index contributed by atoms with van der Waals surface area (Å²) in [5, 5.41) is 5.16. The summed E-state index contributed by atoms with van der Waals surface area (Å²) in [5.74, 6) is -1.76. The average molecular weight is 725 g/mol. The van der Waals surface area contributed by atoms with Gasteiger partial charge in [-0.25, -0.2) is 0 Å². The molecule has 0 aromatic heterocycles. The minimum atomic E-state index is -4.84.